The zero-order valence-corrected chi connectivity index (χ0v) is 11.3. The van der Waals surface area contributed by atoms with Crippen LogP contribution in [-0.2, 0) is 0 Å². The van der Waals surface area contributed by atoms with Crippen molar-refractivity contribution in [2.45, 2.75) is 51.5 Å². The van der Waals surface area contributed by atoms with Crippen LogP contribution in [-0.4, -0.2) is 30.6 Å². The van der Waals surface area contributed by atoms with Gasteiger partial charge in [-0.05, 0) is 49.4 Å². The third-order valence-corrected chi connectivity index (χ3v) is 5.64. The summed E-state index contributed by atoms with van der Waals surface area (Å²) in [5.74, 6) is 3.74. The Morgan fingerprint density at radius 2 is 1.76 bits per heavy atom. The smallest absolute Gasteiger partial charge is 0.00826 e. The van der Waals surface area contributed by atoms with Crippen molar-refractivity contribution >= 4 is 0 Å². The van der Waals surface area contributed by atoms with E-state index in [9.17, 15) is 0 Å². The Kier molecular flexibility index (Phi) is 3.45. The molecule has 3 rings (SSSR count). The number of rotatable bonds is 2. The van der Waals surface area contributed by atoms with Crippen LogP contribution in [0.2, 0.25) is 0 Å². The predicted octanol–water partition coefficient (Wildman–Crippen LogP) is 2.48. The van der Waals surface area contributed by atoms with Crippen molar-refractivity contribution in [2.75, 3.05) is 19.6 Å². The molecule has 1 aliphatic heterocycles. The molecule has 1 heterocycles. The summed E-state index contributed by atoms with van der Waals surface area (Å²) in [6.07, 6.45) is 8.54. The monoisotopic (exact) mass is 236 g/mol. The molecule has 0 amide bonds. The molecule has 3 atom stereocenters. The van der Waals surface area contributed by atoms with Crippen LogP contribution in [0.15, 0.2) is 0 Å². The summed E-state index contributed by atoms with van der Waals surface area (Å²) in [7, 11) is 0. The number of likely N-dealkylation sites (tertiary alicyclic amines) is 1. The summed E-state index contributed by atoms with van der Waals surface area (Å²) < 4.78 is 0. The van der Waals surface area contributed by atoms with Gasteiger partial charge in [-0.2, -0.15) is 0 Å². The molecule has 0 aromatic heterocycles. The molecule has 0 bridgehead atoms. The van der Waals surface area contributed by atoms with Gasteiger partial charge in [0.15, 0.2) is 0 Å². The van der Waals surface area contributed by atoms with Gasteiger partial charge in [-0.25, -0.2) is 0 Å². The molecule has 98 valence electrons. The molecular weight excluding hydrogens is 208 g/mol. The van der Waals surface area contributed by atoms with Gasteiger partial charge in [0.25, 0.3) is 0 Å². The molecule has 2 heteroatoms. The predicted molar refractivity (Wildman–Crippen MR) is 71.8 cm³/mol. The highest BCUT2D eigenvalue weighted by Crippen LogP contribution is 2.38. The van der Waals surface area contributed by atoms with Gasteiger partial charge < -0.3 is 10.6 Å². The van der Waals surface area contributed by atoms with E-state index >= 15 is 0 Å². The van der Waals surface area contributed by atoms with Gasteiger partial charge in [-0.3, -0.25) is 0 Å². The minimum Gasteiger partial charge on any atom is -0.327 e. The molecule has 2 nitrogen and oxygen atoms in total. The Hall–Kier alpha value is -0.0800. The quantitative estimate of drug-likeness (QED) is 0.798. The maximum absolute atomic E-state index is 6.21. The largest absolute Gasteiger partial charge is 0.327 e. The van der Waals surface area contributed by atoms with Crippen molar-refractivity contribution in [2.24, 2.45) is 29.4 Å². The maximum Gasteiger partial charge on any atom is 0.00826 e. The third kappa shape index (κ3) is 2.53. The van der Waals surface area contributed by atoms with E-state index in [1.54, 1.807) is 0 Å². The maximum atomic E-state index is 6.21. The minimum atomic E-state index is 0.511. The highest BCUT2D eigenvalue weighted by Gasteiger charge is 2.41. The van der Waals surface area contributed by atoms with Crippen molar-refractivity contribution in [1.82, 2.24) is 4.90 Å². The van der Waals surface area contributed by atoms with Crippen molar-refractivity contribution in [1.29, 1.82) is 0 Å². The molecule has 1 saturated heterocycles. The van der Waals surface area contributed by atoms with Crippen LogP contribution in [0.25, 0.3) is 0 Å². The van der Waals surface area contributed by atoms with Gasteiger partial charge in [0.1, 0.15) is 0 Å². The van der Waals surface area contributed by atoms with Crippen LogP contribution in [0.5, 0.6) is 0 Å². The fourth-order valence-corrected chi connectivity index (χ4v) is 4.43. The van der Waals surface area contributed by atoms with Crippen molar-refractivity contribution < 1.29 is 0 Å². The second-order valence-corrected chi connectivity index (χ2v) is 7.01. The molecule has 3 fully saturated rings. The Morgan fingerprint density at radius 1 is 1.00 bits per heavy atom. The van der Waals surface area contributed by atoms with Gasteiger partial charge in [0, 0.05) is 25.7 Å². The number of hydrogen-bond donors (Lipinski definition) is 1. The Balaban J connectivity index is 1.48. The fraction of sp³-hybridized carbons (Fsp3) is 1.00. The van der Waals surface area contributed by atoms with Crippen LogP contribution < -0.4 is 5.73 Å². The van der Waals surface area contributed by atoms with Gasteiger partial charge in [0.2, 0.25) is 0 Å². The van der Waals surface area contributed by atoms with Crippen LogP contribution in [0.3, 0.4) is 0 Å². The standard InChI is InChI=1S/C15H28N2/c1-11-2-4-12(5-3-11)8-17-9-13-6-7-15(16)14(13)10-17/h11-15H,2-10,16H2,1H3. The van der Waals surface area contributed by atoms with E-state index in [1.165, 1.54) is 58.2 Å². The molecule has 0 radical (unpaired) electrons. The highest BCUT2D eigenvalue weighted by atomic mass is 15.2. The molecule has 3 aliphatic rings. The molecule has 17 heavy (non-hydrogen) atoms. The normalized spacial score (nSPS) is 47.3. The first-order chi connectivity index (χ1) is 8.22. The number of nitrogens with zero attached hydrogens (tertiary/aromatic N) is 1. The summed E-state index contributed by atoms with van der Waals surface area (Å²) in [5.41, 5.74) is 6.21. The molecule has 2 aliphatic carbocycles. The number of fused-ring (bicyclic) bond motifs is 1. The fourth-order valence-electron chi connectivity index (χ4n) is 4.43. The Morgan fingerprint density at radius 3 is 2.47 bits per heavy atom. The van der Waals surface area contributed by atoms with Crippen molar-refractivity contribution in [3.63, 3.8) is 0 Å². The van der Waals surface area contributed by atoms with Crippen molar-refractivity contribution in [3.05, 3.63) is 0 Å². The zero-order chi connectivity index (χ0) is 11.8. The zero-order valence-electron chi connectivity index (χ0n) is 11.3. The lowest BCUT2D eigenvalue weighted by Gasteiger charge is -2.30. The van der Waals surface area contributed by atoms with Gasteiger partial charge in [0.05, 0.1) is 0 Å². The number of nitrogens with two attached hydrogens (primary N) is 1. The van der Waals surface area contributed by atoms with Crippen LogP contribution in [0.4, 0.5) is 0 Å². The summed E-state index contributed by atoms with van der Waals surface area (Å²) in [5, 5.41) is 0. The molecule has 0 spiro atoms. The van der Waals surface area contributed by atoms with Crippen LogP contribution >= 0.6 is 0 Å². The minimum absolute atomic E-state index is 0.511. The molecule has 2 saturated carbocycles. The SMILES string of the molecule is CC1CCC(CN2CC3CCC(N)C3C2)CC1. The Bertz CT molecular complexity index is 258. The van der Waals surface area contributed by atoms with E-state index in [0.717, 1.165) is 23.7 Å². The van der Waals surface area contributed by atoms with Crippen LogP contribution in [0, 0.1) is 23.7 Å². The lowest BCUT2D eigenvalue weighted by atomic mass is 9.83. The first kappa shape index (κ1) is 12.0. The second-order valence-electron chi connectivity index (χ2n) is 7.01. The molecule has 3 unspecified atom stereocenters. The van der Waals surface area contributed by atoms with E-state index in [2.05, 4.69) is 11.8 Å². The van der Waals surface area contributed by atoms with E-state index < -0.39 is 0 Å². The Labute approximate surface area is 106 Å². The van der Waals surface area contributed by atoms with E-state index in [-0.39, 0.29) is 0 Å². The number of hydrogen-bond acceptors (Lipinski definition) is 2. The van der Waals surface area contributed by atoms with Crippen LogP contribution in [0.1, 0.15) is 45.4 Å². The molecule has 0 aromatic carbocycles. The lowest BCUT2D eigenvalue weighted by Crippen LogP contribution is -2.33. The van der Waals surface area contributed by atoms with E-state index in [0.29, 0.717) is 6.04 Å². The van der Waals surface area contributed by atoms with Gasteiger partial charge in [-0.15, -0.1) is 0 Å². The second kappa shape index (κ2) is 4.89. The topological polar surface area (TPSA) is 29.3 Å². The van der Waals surface area contributed by atoms with Gasteiger partial charge >= 0.3 is 0 Å². The molecule has 0 aromatic rings. The summed E-state index contributed by atoms with van der Waals surface area (Å²) in [6, 6.07) is 0.511. The van der Waals surface area contributed by atoms with Gasteiger partial charge in [-0.1, -0.05) is 19.8 Å². The summed E-state index contributed by atoms with van der Waals surface area (Å²) in [4.78, 5) is 2.73. The summed E-state index contributed by atoms with van der Waals surface area (Å²) >= 11 is 0. The highest BCUT2D eigenvalue weighted by molar-refractivity contribution is 4.96. The lowest BCUT2D eigenvalue weighted by molar-refractivity contribution is 0.199. The average molecular weight is 236 g/mol. The van der Waals surface area contributed by atoms with Crippen molar-refractivity contribution in [3.8, 4) is 0 Å². The third-order valence-electron chi connectivity index (χ3n) is 5.64. The molecule has 2 N–H and O–H groups in total. The first-order valence-corrected chi connectivity index (χ1v) is 7.70. The molecular formula is C15H28N2. The average Bonchev–Trinajstić information content (AvgIpc) is 2.85. The first-order valence-electron chi connectivity index (χ1n) is 7.70. The summed E-state index contributed by atoms with van der Waals surface area (Å²) in [6.45, 7) is 6.43. The van der Waals surface area contributed by atoms with E-state index in [1.807, 2.05) is 0 Å². The van der Waals surface area contributed by atoms with E-state index in [4.69, 9.17) is 5.73 Å².